The molecule has 1 fully saturated rings. The van der Waals surface area contributed by atoms with Crippen molar-refractivity contribution in [1.29, 1.82) is 0 Å². The van der Waals surface area contributed by atoms with E-state index in [1.165, 1.54) is 49.2 Å². The quantitative estimate of drug-likeness (QED) is 0.745. The molecule has 2 heterocycles. The normalized spacial score (nSPS) is 19.1. The van der Waals surface area contributed by atoms with Crippen molar-refractivity contribution in [2.45, 2.75) is 58.8 Å². The molecule has 4 heteroatoms. The van der Waals surface area contributed by atoms with E-state index >= 15 is 0 Å². The fourth-order valence-electron chi connectivity index (χ4n) is 3.83. The Morgan fingerprint density at radius 3 is 2.71 bits per heavy atom. The first-order valence-corrected chi connectivity index (χ1v) is 10.2. The maximum Gasteiger partial charge on any atom is 0.163 e. The van der Waals surface area contributed by atoms with Crippen molar-refractivity contribution in [3.05, 3.63) is 28.3 Å². The van der Waals surface area contributed by atoms with E-state index in [2.05, 4.69) is 23.7 Å². The number of thiophene rings is 1. The van der Waals surface area contributed by atoms with Crippen LogP contribution in [0.15, 0.2) is 12.3 Å². The summed E-state index contributed by atoms with van der Waals surface area (Å²) in [6, 6.07) is 0. The number of likely N-dealkylation sites (tertiary alicyclic amines) is 1. The number of hydrogen-bond donors (Lipinski definition) is 1. The molecular weight excluding hydrogens is 316 g/mol. The minimum atomic E-state index is 0.190. The third-order valence-electron chi connectivity index (χ3n) is 5.42. The van der Waals surface area contributed by atoms with Crippen LogP contribution in [0.1, 0.15) is 66.8 Å². The number of piperidine rings is 1. The number of aryl methyl sites for hydroxylation is 1. The van der Waals surface area contributed by atoms with Crippen molar-refractivity contribution in [3.8, 4) is 0 Å². The van der Waals surface area contributed by atoms with E-state index in [4.69, 9.17) is 0 Å². The summed E-state index contributed by atoms with van der Waals surface area (Å²) in [5.41, 5.74) is 3.27. The molecule has 1 aromatic rings. The van der Waals surface area contributed by atoms with Gasteiger partial charge in [0, 0.05) is 17.1 Å². The van der Waals surface area contributed by atoms with Crippen LogP contribution in [0.5, 0.6) is 0 Å². The van der Waals surface area contributed by atoms with Gasteiger partial charge in [0.1, 0.15) is 5.00 Å². The van der Waals surface area contributed by atoms with E-state index in [0.29, 0.717) is 0 Å². The highest BCUT2D eigenvalue weighted by Gasteiger charge is 2.23. The second-order valence-corrected chi connectivity index (χ2v) is 8.58. The Bertz CT molecular complexity index is 611. The molecule has 3 nitrogen and oxygen atoms in total. The number of ketones is 1. The molecule has 0 bridgehead atoms. The van der Waals surface area contributed by atoms with Crippen molar-refractivity contribution < 1.29 is 4.79 Å². The first kappa shape index (κ1) is 17.7. The SMILES string of the molecule is C=C(CCN1CCC(C)CC1)Nc1sc2c(c1C(C)=O)CCCC2. The number of rotatable bonds is 6. The molecule has 3 rings (SSSR count). The molecule has 0 amide bonds. The Morgan fingerprint density at radius 2 is 2.00 bits per heavy atom. The molecule has 24 heavy (non-hydrogen) atoms. The van der Waals surface area contributed by atoms with E-state index in [0.717, 1.165) is 48.0 Å². The molecule has 0 saturated carbocycles. The van der Waals surface area contributed by atoms with Crippen molar-refractivity contribution in [2.75, 3.05) is 25.0 Å². The Kier molecular flexibility index (Phi) is 5.77. The van der Waals surface area contributed by atoms with Crippen molar-refractivity contribution in [3.63, 3.8) is 0 Å². The largest absolute Gasteiger partial charge is 0.351 e. The Balaban J connectivity index is 1.60. The van der Waals surface area contributed by atoms with Crippen molar-refractivity contribution in [2.24, 2.45) is 5.92 Å². The zero-order chi connectivity index (χ0) is 17.1. The van der Waals surface area contributed by atoms with Gasteiger partial charge in [-0.25, -0.2) is 0 Å². The zero-order valence-corrected chi connectivity index (χ0v) is 15.9. The molecule has 1 saturated heterocycles. The van der Waals surface area contributed by atoms with Gasteiger partial charge >= 0.3 is 0 Å². The summed E-state index contributed by atoms with van der Waals surface area (Å²) >= 11 is 1.77. The van der Waals surface area contributed by atoms with E-state index < -0.39 is 0 Å². The predicted molar refractivity (Wildman–Crippen MR) is 103 cm³/mol. The fourth-order valence-corrected chi connectivity index (χ4v) is 5.21. The zero-order valence-electron chi connectivity index (χ0n) is 15.1. The maximum atomic E-state index is 12.1. The number of carbonyl (C=O) groups is 1. The number of fused-ring (bicyclic) bond motifs is 1. The lowest BCUT2D eigenvalue weighted by Crippen LogP contribution is -2.34. The van der Waals surface area contributed by atoms with Gasteiger partial charge in [-0.2, -0.15) is 0 Å². The smallest absolute Gasteiger partial charge is 0.163 e. The molecule has 0 spiro atoms. The predicted octanol–water partition coefficient (Wildman–Crippen LogP) is 4.88. The Morgan fingerprint density at radius 1 is 1.29 bits per heavy atom. The molecule has 1 aromatic heterocycles. The highest BCUT2D eigenvalue weighted by Crippen LogP contribution is 2.39. The minimum Gasteiger partial charge on any atom is -0.351 e. The lowest BCUT2D eigenvalue weighted by Gasteiger charge is -2.30. The molecule has 0 radical (unpaired) electrons. The summed E-state index contributed by atoms with van der Waals surface area (Å²) in [5, 5.41) is 4.51. The maximum absolute atomic E-state index is 12.1. The molecule has 1 N–H and O–H groups in total. The molecule has 0 unspecified atom stereocenters. The number of Topliss-reactive ketones (excluding diaryl/α,β-unsaturated/α-hetero) is 1. The molecule has 0 atom stereocenters. The molecular formula is C20H30N2OS. The van der Waals surface area contributed by atoms with E-state index in [-0.39, 0.29) is 5.78 Å². The van der Waals surface area contributed by atoms with E-state index in [1.807, 2.05) is 0 Å². The lowest BCUT2D eigenvalue weighted by atomic mass is 9.94. The van der Waals surface area contributed by atoms with E-state index in [9.17, 15) is 4.79 Å². The van der Waals surface area contributed by atoms with Gasteiger partial charge in [-0.3, -0.25) is 4.79 Å². The van der Waals surface area contributed by atoms with Crippen LogP contribution in [0.4, 0.5) is 5.00 Å². The highest BCUT2D eigenvalue weighted by atomic mass is 32.1. The van der Waals surface area contributed by atoms with Crippen molar-refractivity contribution >= 4 is 22.1 Å². The average Bonchev–Trinajstić information content (AvgIpc) is 2.92. The van der Waals surface area contributed by atoms with Crippen LogP contribution in [0.3, 0.4) is 0 Å². The standard InChI is InChI=1S/C20H30N2OS/c1-14-8-11-22(12-9-14)13-10-15(2)21-20-19(16(3)23)17-6-4-5-7-18(17)24-20/h14,21H,2,4-13H2,1,3H3. The fraction of sp³-hybridized carbons (Fsp3) is 0.650. The Labute approximate surface area is 150 Å². The third kappa shape index (κ3) is 4.09. The van der Waals surface area contributed by atoms with E-state index in [1.54, 1.807) is 18.3 Å². The van der Waals surface area contributed by atoms with Gasteiger partial charge in [-0.05, 0) is 76.4 Å². The summed E-state index contributed by atoms with van der Waals surface area (Å²) in [4.78, 5) is 16.1. The van der Waals surface area contributed by atoms with Gasteiger partial charge in [0.25, 0.3) is 0 Å². The number of carbonyl (C=O) groups excluding carboxylic acids is 1. The number of anilines is 1. The molecule has 132 valence electrons. The number of nitrogens with zero attached hydrogens (tertiary/aromatic N) is 1. The molecule has 2 aliphatic rings. The van der Waals surface area contributed by atoms with Crippen LogP contribution >= 0.6 is 11.3 Å². The van der Waals surface area contributed by atoms with Crippen LogP contribution in [0, 0.1) is 5.92 Å². The Hall–Kier alpha value is -1.13. The van der Waals surface area contributed by atoms with Crippen LogP contribution in [-0.4, -0.2) is 30.3 Å². The number of hydrogen-bond acceptors (Lipinski definition) is 4. The van der Waals surface area contributed by atoms with Crippen molar-refractivity contribution in [1.82, 2.24) is 4.90 Å². The number of nitrogens with one attached hydrogen (secondary N) is 1. The summed E-state index contributed by atoms with van der Waals surface area (Å²) in [6.07, 6.45) is 8.21. The van der Waals surface area contributed by atoms with Crippen LogP contribution < -0.4 is 5.32 Å². The van der Waals surface area contributed by atoms with Gasteiger partial charge in [-0.15, -0.1) is 11.3 Å². The summed E-state index contributed by atoms with van der Waals surface area (Å²) < 4.78 is 0. The second-order valence-electron chi connectivity index (χ2n) is 7.47. The first-order chi connectivity index (χ1) is 11.5. The van der Waals surface area contributed by atoms with Gasteiger partial charge < -0.3 is 10.2 Å². The monoisotopic (exact) mass is 346 g/mol. The molecule has 0 aromatic carbocycles. The van der Waals surface area contributed by atoms with Gasteiger partial charge in [0.05, 0.1) is 5.56 Å². The summed E-state index contributed by atoms with van der Waals surface area (Å²) in [7, 11) is 0. The third-order valence-corrected chi connectivity index (χ3v) is 6.63. The first-order valence-electron chi connectivity index (χ1n) is 9.37. The molecule has 1 aliphatic heterocycles. The minimum absolute atomic E-state index is 0.190. The second kappa shape index (κ2) is 7.83. The van der Waals surface area contributed by atoms with Gasteiger partial charge in [0.15, 0.2) is 5.78 Å². The molecule has 1 aliphatic carbocycles. The van der Waals surface area contributed by atoms with Crippen LogP contribution in [-0.2, 0) is 12.8 Å². The topological polar surface area (TPSA) is 32.3 Å². The summed E-state index contributed by atoms with van der Waals surface area (Å²) in [5.74, 6) is 1.06. The van der Waals surface area contributed by atoms with Crippen LogP contribution in [0.2, 0.25) is 0 Å². The van der Waals surface area contributed by atoms with Crippen LogP contribution in [0.25, 0.3) is 0 Å². The van der Waals surface area contributed by atoms with Gasteiger partial charge in [0.2, 0.25) is 0 Å². The average molecular weight is 347 g/mol. The summed E-state index contributed by atoms with van der Waals surface area (Å²) in [6.45, 7) is 11.7. The lowest BCUT2D eigenvalue weighted by molar-refractivity contribution is 0.101. The van der Waals surface area contributed by atoms with Gasteiger partial charge in [-0.1, -0.05) is 13.5 Å². The highest BCUT2D eigenvalue weighted by molar-refractivity contribution is 7.16.